The molecule has 0 saturated carbocycles. The highest BCUT2D eigenvalue weighted by atomic mass is 79.9. The van der Waals surface area contributed by atoms with Crippen LogP contribution in [0.4, 0.5) is 10.1 Å². The summed E-state index contributed by atoms with van der Waals surface area (Å²) in [6, 6.07) is 2.20. The molecule has 0 radical (unpaired) electrons. The van der Waals surface area contributed by atoms with Crippen LogP contribution in [0.15, 0.2) is 33.9 Å². The fourth-order valence-corrected chi connectivity index (χ4v) is 4.02. The van der Waals surface area contributed by atoms with Crippen LogP contribution in [0.25, 0.3) is 0 Å². The lowest BCUT2D eigenvalue weighted by atomic mass is 10.3. The van der Waals surface area contributed by atoms with Gasteiger partial charge in [0.15, 0.2) is 0 Å². The van der Waals surface area contributed by atoms with E-state index in [1.165, 1.54) is 4.31 Å². The standard InChI is InChI=1S/C12H12BrFN4O2S/c13-8-5-9(14)11(6-10(8)15)21(19,20)18-4-3-17-2-1-16-12(17)7-18/h1-2,5-6H,3-4,7,15H2. The molecule has 0 spiro atoms. The molecule has 21 heavy (non-hydrogen) atoms. The van der Waals surface area contributed by atoms with Gasteiger partial charge in [0.25, 0.3) is 0 Å². The Kier molecular flexibility index (Phi) is 3.50. The van der Waals surface area contributed by atoms with Gasteiger partial charge in [-0.2, -0.15) is 4.31 Å². The van der Waals surface area contributed by atoms with Crippen molar-refractivity contribution in [3.8, 4) is 0 Å². The number of nitrogens with zero attached hydrogens (tertiary/aromatic N) is 3. The maximum Gasteiger partial charge on any atom is 0.246 e. The highest BCUT2D eigenvalue weighted by molar-refractivity contribution is 9.10. The number of anilines is 1. The summed E-state index contributed by atoms with van der Waals surface area (Å²) in [6.45, 7) is 0.869. The number of nitrogen functional groups attached to an aromatic ring is 1. The lowest BCUT2D eigenvalue weighted by Crippen LogP contribution is -2.38. The minimum absolute atomic E-state index is 0.116. The van der Waals surface area contributed by atoms with Crippen molar-refractivity contribution < 1.29 is 12.8 Å². The number of sulfonamides is 1. The third-order valence-corrected chi connectivity index (χ3v) is 5.93. The SMILES string of the molecule is Nc1cc(S(=O)(=O)N2CCn3ccnc3C2)c(F)cc1Br. The summed E-state index contributed by atoms with van der Waals surface area (Å²) in [6.07, 6.45) is 3.40. The van der Waals surface area contributed by atoms with E-state index in [1.807, 2.05) is 4.57 Å². The molecule has 0 saturated heterocycles. The highest BCUT2D eigenvalue weighted by Gasteiger charge is 2.31. The van der Waals surface area contributed by atoms with Gasteiger partial charge in [0.2, 0.25) is 10.0 Å². The van der Waals surface area contributed by atoms with Crippen molar-refractivity contribution >= 4 is 31.6 Å². The molecule has 1 aromatic heterocycles. The van der Waals surface area contributed by atoms with Crippen LogP contribution < -0.4 is 5.73 Å². The summed E-state index contributed by atoms with van der Waals surface area (Å²) >= 11 is 3.07. The summed E-state index contributed by atoms with van der Waals surface area (Å²) < 4.78 is 42.6. The fraction of sp³-hybridized carbons (Fsp3) is 0.250. The Morgan fingerprint density at radius 1 is 1.33 bits per heavy atom. The lowest BCUT2D eigenvalue weighted by Gasteiger charge is -2.27. The Morgan fingerprint density at radius 2 is 2.10 bits per heavy atom. The summed E-state index contributed by atoms with van der Waals surface area (Å²) in [5, 5.41) is 0. The minimum atomic E-state index is -3.95. The average Bonchev–Trinajstić information content (AvgIpc) is 2.90. The first-order valence-corrected chi connectivity index (χ1v) is 8.37. The van der Waals surface area contributed by atoms with Crippen LogP contribution >= 0.6 is 15.9 Å². The zero-order valence-electron chi connectivity index (χ0n) is 10.8. The number of fused-ring (bicyclic) bond motifs is 1. The van der Waals surface area contributed by atoms with Gasteiger partial charge in [-0.3, -0.25) is 0 Å². The number of aromatic nitrogens is 2. The Morgan fingerprint density at radius 3 is 2.86 bits per heavy atom. The molecule has 0 atom stereocenters. The molecule has 3 rings (SSSR count). The van der Waals surface area contributed by atoms with E-state index < -0.39 is 20.7 Å². The molecule has 112 valence electrons. The summed E-state index contributed by atoms with van der Waals surface area (Å²) in [4.78, 5) is 3.69. The summed E-state index contributed by atoms with van der Waals surface area (Å²) in [5.41, 5.74) is 5.84. The Labute approximate surface area is 129 Å². The fourth-order valence-electron chi connectivity index (χ4n) is 2.24. The molecular weight excluding hydrogens is 363 g/mol. The molecule has 0 amide bonds. The van der Waals surface area contributed by atoms with Crippen molar-refractivity contribution in [2.75, 3.05) is 12.3 Å². The van der Waals surface area contributed by atoms with Gasteiger partial charge in [0.05, 0.1) is 6.54 Å². The average molecular weight is 375 g/mol. The van der Waals surface area contributed by atoms with Gasteiger partial charge in [-0.1, -0.05) is 0 Å². The molecule has 2 aromatic rings. The highest BCUT2D eigenvalue weighted by Crippen LogP contribution is 2.29. The molecule has 1 aliphatic rings. The third kappa shape index (κ3) is 2.45. The van der Waals surface area contributed by atoms with E-state index in [0.29, 0.717) is 16.8 Å². The van der Waals surface area contributed by atoms with E-state index in [9.17, 15) is 12.8 Å². The summed E-state index contributed by atoms with van der Waals surface area (Å²) in [5.74, 6) is -0.194. The van der Waals surface area contributed by atoms with Crippen molar-refractivity contribution in [2.24, 2.45) is 0 Å². The number of nitrogens with two attached hydrogens (primary N) is 1. The second-order valence-electron chi connectivity index (χ2n) is 4.68. The van der Waals surface area contributed by atoms with E-state index in [-0.39, 0.29) is 18.8 Å². The number of hydrogen-bond acceptors (Lipinski definition) is 4. The van der Waals surface area contributed by atoms with E-state index in [4.69, 9.17) is 5.73 Å². The van der Waals surface area contributed by atoms with Gasteiger partial charge >= 0.3 is 0 Å². The first-order valence-electron chi connectivity index (χ1n) is 6.14. The maximum absolute atomic E-state index is 14.0. The van der Waals surface area contributed by atoms with Crippen LogP contribution in [-0.4, -0.2) is 28.8 Å². The molecule has 2 N–H and O–H groups in total. The Bertz CT molecular complexity index is 806. The minimum Gasteiger partial charge on any atom is -0.398 e. The van der Waals surface area contributed by atoms with Gasteiger partial charge in [-0.05, 0) is 28.1 Å². The van der Waals surface area contributed by atoms with Crippen LogP contribution in [0.1, 0.15) is 5.82 Å². The van der Waals surface area contributed by atoms with Gasteiger partial charge in [-0.15, -0.1) is 0 Å². The molecule has 6 nitrogen and oxygen atoms in total. The predicted octanol–water partition coefficient (Wildman–Crippen LogP) is 1.57. The smallest absolute Gasteiger partial charge is 0.246 e. The zero-order chi connectivity index (χ0) is 15.2. The molecule has 0 unspecified atom stereocenters. The molecule has 0 bridgehead atoms. The maximum atomic E-state index is 14.0. The number of hydrogen-bond donors (Lipinski definition) is 1. The van der Waals surface area contributed by atoms with Gasteiger partial charge in [0, 0.05) is 35.6 Å². The number of halogens is 2. The number of benzene rings is 1. The molecule has 1 aromatic carbocycles. The molecule has 0 fully saturated rings. The second-order valence-corrected chi connectivity index (χ2v) is 7.44. The van der Waals surface area contributed by atoms with Crippen molar-refractivity contribution in [3.05, 3.63) is 40.6 Å². The van der Waals surface area contributed by atoms with E-state index >= 15 is 0 Å². The Balaban J connectivity index is 2.00. The van der Waals surface area contributed by atoms with Gasteiger partial charge < -0.3 is 10.3 Å². The molecule has 2 heterocycles. The topological polar surface area (TPSA) is 81.2 Å². The van der Waals surface area contributed by atoms with E-state index in [0.717, 1.165) is 12.1 Å². The molecule has 1 aliphatic heterocycles. The molecule has 9 heteroatoms. The van der Waals surface area contributed by atoms with Crippen molar-refractivity contribution in [1.82, 2.24) is 13.9 Å². The number of rotatable bonds is 2. The van der Waals surface area contributed by atoms with E-state index in [1.54, 1.807) is 12.4 Å². The van der Waals surface area contributed by atoms with Crippen LogP contribution in [0.5, 0.6) is 0 Å². The number of imidazole rings is 1. The predicted molar refractivity (Wildman–Crippen MR) is 78.3 cm³/mol. The lowest BCUT2D eigenvalue weighted by molar-refractivity contribution is 0.334. The van der Waals surface area contributed by atoms with Crippen LogP contribution in [0, 0.1) is 5.82 Å². The van der Waals surface area contributed by atoms with Crippen LogP contribution in [0.2, 0.25) is 0 Å². The normalized spacial score (nSPS) is 15.9. The molecular formula is C12H12BrFN4O2S. The summed E-state index contributed by atoms with van der Waals surface area (Å²) in [7, 11) is -3.95. The third-order valence-electron chi connectivity index (χ3n) is 3.38. The van der Waals surface area contributed by atoms with Crippen molar-refractivity contribution in [2.45, 2.75) is 18.0 Å². The monoisotopic (exact) mass is 374 g/mol. The van der Waals surface area contributed by atoms with Crippen molar-refractivity contribution in [3.63, 3.8) is 0 Å². The van der Waals surface area contributed by atoms with Crippen LogP contribution in [0.3, 0.4) is 0 Å². The van der Waals surface area contributed by atoms with Crippen molar-refractivity contribution in [1.29, 1.82) is 0 Å². The first-order chi connectivity index (χ1) is 9.89. The van der Waals surface area contributed by atoms with E-state index in [2.05, 4.69) is 20.9 Å². The quantitative estimate of drug-likeness (QED) is 0.808. The van der Waals surface area contributed by atoms with Gasteiger partial charge in [0.1, 0.15) is 16.5 Å². The molecule has 0 aliphatic carbocycles. The van der Waals surface area contributed by atoms with Gasteiger partial charge in [-0.25, -0.2) is 17.8 Å². The largest absolute Gasteiger partial charge is 0.398 e. The zero-order valence-corrected chi connectivity index (χ0v) is 13.2. The first kappa shape index (κ1) is 14.5. The Hall–Kier alpha value is -1.45. The second kappa shape index (κ2) is 5.08. The van der Waals surface area contributed by atoms with Crippen LogP contribution in [-0.2, 0) is 23.1 Å².